The highest BCUT2D eigenvalue weighted by Gasteiger charge is 2.17. The van der Waals surface area contributed by atoms with E-state index in [1.807, 2.05) is 0 Å². The first-order valence-electron chi connectivity index (χ1n) is 4.10. The van der Waals surface area contributed by atoms with Gasteiger partial charge >= 0.3 is 0 Å². The Morgan fingerprint density at radius 2 is 2.50 bits per heavy atom. The van der Waals surface area contributed by atoms with Crippen LogP contribution in [0.5, 0.6) is 0 Å². The second-order valence-corrected chi connectivity index (χ2v) is 3.31. The molecule has 0 amide bonds. The first-order valence-corrected chi connectivity index (χ1v) is 4.10. The van der Waals surface area contributed by atoms with Gasteiger partial charge in [-0.2, -0.15) is 0 Å². The molecule has 1 fully saturated rings. The molecule has 0 saturated carbocycles. The Hall–Kier alpha value is -0.0800. The van der Waals surface area contributed by atoms with Crippen molar-refractivity contribution in [3.63, 3.8) is 0 Å². The summed E-state index contributed by atoms with van der Waals surface area (Å²) in [6, 6.07) is 0. The van der Waals surface area contributed by atoms with Crippen molar-refractivity contribution in [1.82, 2.24) is 0 Å². The summed E-state index contributed by atoms with van der Waals surface area (Å²) in [7, 11) is 0. The van der Waals surface area contributed by atoms with Crippen molar-refractivity contribution in [3.8, 4) is 0 Å². The molecular formula is C8H17NO. The van der Waals surface area contributed by atoms with Crippen molar-refractivity contribution in [2.45, 2.75) is 19.8 Å². The Labute approximate surface area is 62.7 Å². The SMILES string of the molecule is CC(CN)CC1CCOC1. The molecule has 2 N–H and O–H groups in total. The van der Waals surface area contributed by atoms with Crippen LogP contribution in [0.4, 0.5) is 0 Å². The van der Waals surface area contributed by atoms with Crippen LogP contribution < -0.4 is 5.73 Å². The van der Waals surface area contributed by atoms with E-state index in [2.05, 4.69) is 6.92 Å². The highest BCUT2D eigenvalue weighted by molar-refractivity contribution is 4.67. The molecule has 0 aromatic rings. The standard InChI is InChI=1S/C8H17NO/c1-7(5-9)4-8-2-3-10-6-8/h7-8H,2-6,9H2,1H3. The lowest BCUT2D eigenvalue weighted by atomic mass is 9.95. The summed E-state index contributed by atoms with van der Waals surface area (Å²) in [5.74, 6) is 1.46. The number of rotatable bonds is 3. The van der Waals surface area contributed by atoms with Gasteiger partial charge in [-0.3, -0.25) is 0 Å². The van der Waals surface area contributed by atoms with Gasteiger partial charge in [0.25, 0.3) is 0 Å². The maximum atomic E-state index is 5.51. The number of hydrogen-bond acceptors (Lipinski definition) is 2. The van der Waals surface area contributed by atoms with E-state index in [4.69, 9.17) is 10.5 Å². The summed E-state index contributed by atoms with van der Waals surface area (Å²) >= 11 is 0. The lowest BCUT2D eigenvalue weighted by molar-refractivity contribution is 0.181. The lowest BCUT2D eigenvalue weighted by Crippen LogP contribution is -2.15. The molecule has 2 heteroatoms. The van der Waals surface area contributed by atoms with Gasteiger partial charge in [0.1, 0.15) is 0 Å². The van der Waals surface area contributed by atoms with Crippen molar-refractivity contribution in [2.75, 3.05) is 19.8 Å². The van der Waals surface area contributed by atoms with E-state index in [0.717, 1.165) is 25.7 Å². The van der Waals surface area contributed by atoms with Crippen LogP contribution in [0.2, 0.25) is 0 Å². The van der Waals surface area contributed by atoms with Crippen LogP contribution in [-0.4, -0.2) is 19.8 Å². The molecular weight excluding hydrogens is 126 g/mol. The summed E-state index contributed by atoms with van der Waals surface area (Å²) in [5.41, 5.74) is 5.51. The Morgan fingerprint density at radius 3 is 3.00 bits per heavy atom. The highest BCUT2D eigenvalue weighted by atomic mass is 16.5. The van der Waals surface area contributed by atoms with Crippen molar-refractivity contribution >= 4 is 0 Å². The molecule has 60 valence electrons. The molecule has 2 nitrogen and oxygen atoms in total. The van der Waals surface area contributed by atoms with Gasteiger partial charge in [0.2, 0.25) is 0 Å². The average molecular weight is 143 g/mol. The van der Waals surface area contributed by atoms with Crippen LogP contribution in [-0.2, 0) is 4.74 Å². The molecule has 0 aliphatic carbocycles. The molecule has 1 rings (SSSR count). The predicted molar refractivity (Wildman–Crippen MR) is 41.8 cm³/mol. The molecule has 0 aromatic heterocycles. The van der Waals surface area contributed by atoms with Crippen molar-refractivity contribution in [3.05, 3.63) is 0 Å². The number of hydrogen-bond donors (Lipinski definition) is 1. The Balaban J connectivity index is 2.11. The Kier molecular flexibility index (Phi) is 3.16. The maximum absolute atomic E-state index is 5.51. The van der Waals surface area contributed by atoms with E-state index in [9.17, 15) is 0 Å². The van der Waals surface area contributed by atoms with E-state index in [-0.39, 0.29) is 0 Å². The number of ether oxygens (including phenoxy) is 1. The molecule has 1 saturated heterocycles. The fourth-order valence-corrected chi connectivity index (χ4v) is 1.43. The molecule has 1 aliphatic rings. The molecule has 1 aliphatic heterocycles. The zero-order chi connectivity index (χ0) is 7.40. The second-order valence-electron chi connectivity index (χ2n) is 3.31. The van der Waals surface area contributed by atoms with E-state index in [0.29, 0.717) is 5.92 Å². The molecule has 0 aromatic carbocycles. The van der Waals surface area contributed by atoms with Gasteiger partial charge in [0, 0.05) is 13.2 Å². The van der Waals surface area contributed by atoms with Gasteiger partial charge in [-0.1, -0.05) is 6.92 Å². The molecule has 2 unspecified atom stereocenters. The van der Waals surface area contributed by atoms with Gasteiger partial charge in [-0.25, -0.2) is 0 Å². The third-order valence-corrected chi connectivity index (χ3v) is 2.16. The van der Waals surface area contributed by atoms with Crippen LogP contribution in [0, 0.1) is 11.8 Å². The minimum atomic E-state index is 0.673. The van der Waals surface area contributed by atoms with Gasteiger partial charge < -0.3 is 10.5 Å². The molecule has 0 radical (unpaired) electrons. The zero-order valence-corrected chi connectivity index (χ0v) is 6.68. The van der Waals surface area contributed by atoms with Crippen LogP contribution in [0.25, 0.3) is 0 Å². The third-order valence-electron chi connectivity index (χ3n) is 2.16. The van der Waals surface area contributed by atoms with E-state index in [1.165, 1.54) is 12.8 Å². The molecule has 2 atom stereocenters. The maximum Gasteiger partial charge on any atom is 0.0495 e. The van der Waals surface area contributed by atoms with E-state index in [1.54, 1.807) is 0 Å². The number of nitrogens with two attached hydrogens (primary N) is 1. The van der Waals surface area contributed by atoms with Gasteiger partial charge in [-0.15, -0.1) is 0 Å². The Morgan fingerprint density at radius 1 is 1.70 bits per heavy atom. The fourth-order valence-electron chi connectivity index (χ4n) is 1.43. The predicted octanol–water partition coefficient (Wildman–Crippen LogP) is 1.01. The van der Waals surface area contributed by atoms with E-state index < -0.39 is 0 Å². The minimum absolute atomic E-state index is 0.673. The summed E-state index contributed by atoms with van der Waals surface area (Å²) in [5, 5.41) is 0. The van der Waals surface area contributed by atoms with Gasteiger partial charge in [-0.05, 0) is 31.2 Å². The molecule has 10 heavy (non-hydrogen) atoms. The normalized spacial score (nSPS) is 28.8. The van der Waals surface area contributed by atoms with Crippen molar-refractivity contribution in [1.29, 1.82) is 0 Å². The summed E-state index contributed by atoms with van der Waals surface area (Å²) in [6.45, 7) is 4.95. The minimum Gasteiger partial charge on any atom is -0.381 e. The van der Waals surface area contributed by atoms with Crippen LogP contribution >= 0.6 is 0 Å². The van der Waals surface area contributed by atoms with Gasteiger partial charge in [0.15, 0.2) is 0 Å². The molecule has 0 bridgehead atoms. The van der Waals surface area contributed by atoms with E-state index >= 15 is 0 Å². The Bertz CT molecular complexity index is 89.3. The third kappa shape index (κ3) is 2.27. The molecule has 0 spiro atoms. The second kappa shape index (κ2) is 3.94. The first-order chi connectivity index (χ1) is 4.83. The monoisotopic (exact) mass is 143 g/mol. The summed E-state index contributed by atoms with van der Waals surface area (Å²) in [6.07, 6.45) is 2.49. The zero-order valence-electron chi connectivity index (χ0n) is 6.68. The quantitative estimate of drug-likeness (QED) is 0.640. The average Bonchev–Trinajstić information content (AvgIpc) is 2.40. The fraction of sp³-hybridized carbons (Fsp3) is 1.00. The lowest BCUT2D eigenvalue weighted by Gasteiger charge is -2.11. The highest BCUT2D eigenvalue weighted by Crippen LogP contribution is 2.20. The molecule has 1 heterocycles. The largest absolute Gasteiger partial charge is 0.381 e. The van der Waals surface area contributed by atoms with Crippen LogP contribution in [0.3, 0.4) is 0 Å². The van der Waals surface area contributed by atoms with Crippen LogP contribution in [0.15, 0.2) is 0 Å². The van der Waals surface area contributed by atoms with Crippen molar-refractivity contribution < 1.29 is 4.74 Å². The summed E-state index contributed by atoms with van der Waals surface area (Å²) < 4.78 is 5.26. The van der Waals surface area contributed by atoms with Crippen LogP contribution in [0.1, 0.15) is 19.8 Å². The smallest absolute Gasteiger partial charge is 0.0495 e. The first kappa shape index (κ1) is 8.02. The summed E-state index contributed by atoms with van der Waals surface area (Å²) in [4.78, 5) is 0. The topological polar surface area (TPSA) is 35.2 Å². The van der Waals surface area contributed by atoms with Gasteiger partial charge in [0.05, 0.1) is 0 Å². The van der Waals surface area contributed by atoms with Crippen molar-refractivity contribution in [2.24, 2.45) is 17.6 Å².